The summed E-state index contributed by atoms with van der Waals surface area (Å²) in [5, 5.41) is 6.92. The third-order valence-corrected chi connectivity index (χ3v) is 6.79. The molecular weight excluding hydrogens is 496 g/mol. The number of nitrogens with zero attached hydrogens (tertiary/aromatic N) is 1. The molecule has 28 heavy (non-hydrogen) atoms. The van der Waals surface area contributed by atoms with Crippen LogP contribution in [0.4, 0.5) is 4.39 Å². The smallest absolute Gasteiger partial charge is 0.191 e. The van der Waals surface area contributed by atoms with Crippen LogP contribution in [0.3, 0.4) is 0 Å². The van der Waals surface area contributed by atoms with Gasteiger partial charge in [0.25, 0.3) is 0 Å². The Kier molecular flexibility index (Phi) is 9.42. The zero-order valence-electron chi connectivity index (χ0n) is 16.3. The van der Waals surface area contributed by atoms with Crippen molar-refractivity contribution in [2.45, 2.75) is 57.1 Å². The second kappa shape index (κ2) is 11.3. The van der Waals surface area contributed by atoms with Gasteiger partial charge in [-0.1, -0.05) is 13.3 Å². The summed E-state index contributed by atoms with van der Waals surface area (Å²) >= 11 is 0. The van der Waals surface area contributed by atoms with Crippen LogP contribution in [0.2, 0.25) is 0 Å². The van der Waals surface area contributed by atoms with Gasteiger partial charge in [-0.2, -0.15) is 0 Å². The highest BCUT2D eigenvalue weighted by Gasteiger charge is 2.26. The highest BCUT2D eigenvalue weighted by atomic mass is 127. The van der Waals surface area contributed by atoms with E-state index in [1.165, 1.54) is 12.1 Å². The Hall–Kier alpha value is -0.940. The molecule has 0 radical (unpaired) electrons. The summed E-state index contributed by atoms with van der Waals surface area (Å²) in [5.74, 6) is 1.74. The topological polar surface area (TPSA) is 72.0 Å². The molecule has 2 N–H and O–H groups in total. The summed E-state index contributed by atoms with van der Waals surface area (Å²) in [5.41, 5.74) is 1.46. The maximum Gasteiger partial charge on any atom is 0.191 e. The van der Waals surface area contributed by atoms with E-state index < -0.39 is 10.8 Å². The number of fused-ring (bicyclic) bond motifs is 1. The standard InChI is InChI=1S/C19H28FN3O3S.HI/c1-3-27(24)17-6-4-5-16(9-17)23-19(21-2)22-10-13-7-15(20)8-14-11-25-12-26-18(13)14;/h7-8,16-17H,3-6,9-12H2,1-2H3,(H2,21,22,23);1H. The Morgan fingerprint density at radius 3 is 2.96 bits per heavy atom. The van der Waals surface area contributed by atoms with Crippen molar-refractivity contribution >= 4 is 40.7 Å². The molecule has 6 nitrogen and oxygen atoms in total. The number of aliphatic imine (C=N–C) groups is 1. The van der Waals surface area contributed by atoms with Gasteiger partial charge < -0.3 is 20.1 Å². The number of guanidine groups is 1. The van der Waals surface area contributed by atoms with E-state index in [1.807, 2.05) is 6.92 Å². The summed E-state index contributed by atoms with van der Waals surface area (Å²) in [6, 6.07) is 3.17. The Labute approximate surface area is 185 Å². The van der Waals surface area contributed by atoms with Crippen molar-refractivity contribution < 1.29 is 18.1 Å². The molecule has 0 aromatic heterocycles. The molecule has 1 aromatic carbocycles. The van der Waals surface area contributed by atoms with Gasteiger partial charge in [-0.3, -0.25) is 9.20 Å². The van der Waals surface area contributed by atoms with Gasteiger partial charge in [-0.25, -0.2) is 4.39 Å². The van der Waals surface area contributed by atoms with Crippen LogP contribution in [0, 0.1) is 5.82 Å². The minimum absolute atomic E-state index is 0. The number of benzene rings is 1. The zero-order chi connectivity index (χ0) is 19.2. The number of rotatable bonds is 5. The third kappa shape index (κ3) is 6.03. The molecule has 0 amide bonds. The van der Waals surface area contributed by atoms with Crippen LogP contribution in [0.1, 0.15) is 43.7 Å². The molecule has 1 saturated carbocycles. The van der Waals surface area contributed by atoms with Crippen molar-refractivity contribution in [2.75, 3.05) is 19.6 Å². The Bertz CT molecular complexity index is 720. The molecule has 0 saturated heterocycles. The first-order valence-electron chi connectivity index (χ1n) is 9.47. The highest BCUT2D eigenvalue weighted by molar-refractivity contribution is 14.0. The minimum atomic E-state index is -0.759. The fourth-order valence-electron chi connectivity index (χ4n) is 3.71. The minimum Gasteiger partial charge on any atom is -0.467 e. The van der Waals surface area contributed by atoms with Crippen molar-refractivity contribution in [3.8, 4) is 5.75 Å². The molecule has 3 unspecified atom stereocenters. The van der Waals surface area contributed by atoms with Gasteiger partial charge in [-0.05, 0) is 31.4 Å². The molecule has 0 spiro atoms. The largest absolute Gasteiger partial charge is 0.467 e. The van der Waals surface area contributed by atoms with Gasteiger partial charge in [-0.15, -0.1) is 24.0 Å². The maximum absolute atomic E-state index is 13.9. The van der Waals surface area contributed by atoms with E-state index >= 15 is 0 Å². The number of hydrogen-bond donors (Lipinski definition) is 2. The lowest BCUT2D eigenvalue weighted by Gasteiger charge is -2.30. The van der Waals surface area contributed by atoms with Crippen molar-refractivity contribution in [1.29, 1.82) is 0 Å². The van der Waals surface area contributed by atoms with Gasteiger partial charge in [0.15, 0.2) is 12.8 Å². The van der Waals surface area contributed by atoms with E-state index in [1.54, 1.807) is 7.05 Å². The molecule has 1 aliphatic carbocycles. The van der Waals surface area contributed by atoms with Crippen molar-refractivity contribution in [3.63, 3.8) is 0 Å². The fourth-order valence-corrected chi connectivity index (χ4v) is 5.05. The van der Waals surface area contributed by atoms with Crippen LogP contribution in [0.15, 0.2) is 17.1 Å². The molecule has 9 heteroatoms. The number of hydrogen-bond acceptors (Lipinski definition) is 4. The first kappa shape index (κ1) is 23.3. The van der Waals surface area contributed by atoms with E-state index in [9.17, 15) is 8.60 Å². The third-order valence-electron chi connectivity index (χ3n) is 5.04. The summed E-state index contributed by atoms with van der Waals surface area (Å²) in [6.45, 7) is 2.90. The fraction of sp³-hybridized carbons (Fsp3) is 0.632. The number of nitrogens with one attached hydrogen (secondary N) is 2. The van der Waals surface area contributed by atoms with E-state index in [0.717, 1.165) is 36.8 Å². The highest BCUT2D eigenvalue weighted by Crippen LogP contribution is 2.29. The monoisotopic (exact) mass is 525 g/mol. The lowest BCUT2D eigenvalue weighted by molar-refractivity contribution is -0.0172. The summed E-state index contributed by atoms with van der Waals surface area (Å²) in [7, 11) is 0.955. The molecule has 1 fully saturated rings. The van der Waals surface area contributed by atoms with Crippen LogP contribution in [-0.4, -0.2) is 41.1 Å². The molecule has 1 aliphatic heterocycles. The summed E-state index contributed by atoms with van der Waals surface area (Å²) in [6.07, 6.45) is 4.01. The number of halogens is 2. The van der Waals surface area contributed by atoms with Crippen LogP contribution >= 0.6 is 24.0 Å². The van der Waals surface area contributed by atoms with Crippen LogP contribution in [0.25, 0.3) is 0 Å². The molecule has 158 valence electrons. The predicted molar refractivity (Wildman–Crippen MR) is 120 cm³/mol. The molecule has 0 bridgehead atoms. The van der Waals surface area contributed by atoms with Crippen LogP contribution < -0.4 is 15.4 Å². The predicted octanol–water partition coefficient (Wildman–Crippen LogP) is 3.06. The first-order chi connectivity index (χ1) is 13.1. The molecule has 1 heterocycles. The second-order valence-corrected chi connectivity index (χ2v) is 8.89. The second-order valence-electron chi connectivity index (χ2n) is 6.89. The van der Waals surface area contributed by atoms with E-state index in [0.29, 0.717) is 30.6 Å². The van der Waals surface area contributed by atoms with Gasteiger partial charge in [0, 0.05) is 52.6 Å². The molecule has 3 atom stereocenters. The van der Waals surface area contributed by atoms with Gasteiger partial charge in [0.2, 0.25) is 0 Å². The van der Waals surface area contributed by atoms with E-state index in [2.05, 4.69) is 15.6 Å². The van der Waals surface area contributed by atoms with Crippen LogP contribution in [-0.2, 0) is 28.7 Å². The Morgan fingerprint density at radius 1 is 1.39 bits per heavy atom. The lowest BCUT2D eigenvalue weighted by atomic mass is 9.95. The Morgan fingerprint density at radius 2 is 2.21 bits per heavy atom. The first-order valence-corrected chi connectivity index (χ1v) is 10.8. The van der Waals surface area contributed by atoms with E-state index in [4.69, 9.17) is 9.47 Å². The van der Waals surface area contributed by atoms with Gasteiger partial charge in [0.1, 0.15) is 11.6 Å². The SMILES string of the molecule is CCS(=O)C1CCCC(NC(=NC)NCc2cc(F)cc3c2OCOC3)C1.I. The summed E-state index contributed by atoms with van der Waals surface area (Å²) in [4.78, 5) is 4.28. The van der Waals surface area contributed by atoms with E-state index in [-0.39, 0.29) is 47.9 Å². The number of ether oxygens (including phenoxy) is 2. The normalized spacial score (nSPS) is 23.0. The van der Waals surface area contributed by atoms with Crippen molar-refractivity contribution in [1.82, 2.24) is 10.6 Å². The van der Waals surface area contributed by atoms with Crippen molar-refractivity contribution in [3.05, 3.63) is 29.1 Å². The maximum atomic E-state index is 13.9. The average molecular weight is 525 g/mol. The lowest BCUT2D eigenvalue weighted by Crippen LogP contribution is -2.46. The van der Waals surface area contributed by atoms with Crippen LogP contribution in [0.5, 0.6) is 5.75 Å². The molecular formula is C19H29FIN3O3S. The Balaban J connectivity index is 0.00000280. The molecule has 1 aromatic rings. The molecule has 2 aliphatic rings. The van der Waals surface area contributed by atoms with Gasteiger partial charge in [0.05, 0.1) is 6.61 Å². The van der Waals surface area contributed by atoms with Gasteiger partial charge >= 0.3 is 0 Å². The van der Waals surface area contributed by atoms with Crippen molar-refractivity contribution in [2.24, 2.45) is 4.99 Å². The zero-order valence-corrected chi connectivity index (χ0v) is 19.5. The summed E-state index contributed by atoms with van der Waals surface area (Å²) < 4.78 is 36.8. The molecule has 3 rings (SSSR count). The average Bonchev–Trinajstić information content (AvgIpc) is 2.70. The quantitative estimate of drug-likeness (QED) is 0.352.